The molecule has 1 saturated heterocycles. The number of halogens is 1. The molecule has 1 aromatic carbocycles. The molecule has 0 aromatic heterocycles. The molecule has 0 bridgehead atoms. The van der Waals surface area contributed by atoms with E-state index in [4.69, 9.17) is 11.6 Å². The van der Waals surface area contributed by atoms with Crippen molar-refractivity contribution in [2.75, 3.05) is 19.6 Å². The maximum Gasteiger partial charge on any atom is 0.0409 e. The van der Waals surface area contributed by atoms with Gasteiger partial charge in [0.1, 0.15) is 0 Å². The number of piperidine rings is 1. The van der Waals surface area contributed by atoms with Gasteiger partial charge in [-0.15, -0.1) is 0 Å². The van der Waals surface area contributed by atoms with Gasteiger partial charge >= 0.3 is 0 Å². The van der Waals surface area contributed by atoms with E-state index in [1.165, 1.54) is 37.9 Å². The van der Waals surface area contributed by atoms with Gasteiger partial charge in [-0.2, -0.15) is 0 Å². The third-order valence-electron chi connectivity index (χ3n) is 4.13. The molecule has 20 heavy (non-hydrogen) atoms. The normalized spacial score (nSPS) is 19.8. The Morgan fingerprint density at radius 3 is 2.65 bits per heavy atom. The lowest BCUT2D eigenvalue weighted by atomic mass is 10.0. The average Bonchev–Trinajstić information content (AvgIpc) is 2.46. The monoisotopic (exact) mass is 294 g/mol. The van der Waals surface area contributed by atoms with Gasteiger partial charge in [-0.25, -0.2) is 0 Å². The van der Waals surface area contributed by atoms with Crippen LogP contribution in [0.15, 0.2) is 24.3 Å². The lowest BCUT2D eigenvalue weighted by molar-refractivity contribution is 0.203. The van der Waals surface area contributed by atoms with Crippen molar-refractivity contribution in [3.05, 3.63) is 34.9 Å². The highest BCUT2D eigenvalue weighted by Crippen LogP contribution is 2.21. The van der Waals surface area contributed by atoms with Crippen molar-refractivity contribution in [1.82, 2.24) is 10.2 Å². The van der Waals surface area contributed by atoms with Gasteiger partial charge in [0.25, 0.3) is 0 Å². The van der Waals surface area contributed by atoms with Crippen molar-refractivity contribution >= 4 is 11.6 Å². The van der Waals surface area contributed by atoms with Gasteiger partial charge < -0.3 is 10.2 Å². The number of hydrogen-bond acceptors (Lipinski definition) is 2. The molecule has 2 atom stereocenters. The predicted molar refractivity (Wildman–Crippen MR) is 87.4 cm³/mol. The smallest absolute Gasteiger partial charge is 0.0409 e. The largest absolute Gasteiger partial charge is 0.306 e. The minimum atomic E-state index is 0.397. The van der Waals surface area contributed by atoms with Crippen molar-refractivity contribution in [2.45, 2.75) is 51.6 Å². The molecule has 1 heterocycles. The molecule has 0 saturated carbocycles. The first-order valence-electron chi connectivity index (χ1n) is 7.93. The Balaban J connectivity index is 1.88. The van der Waals surface area contributed by atoms with E-state index in [0.29, 0.717) is 12.1 Å². The van der Waals surface area contributed by atoms with Crippen molar-refractivity contribution in [1.29, 1.82) is 0 Å². The number of nitrogens with one attached hydrogen (secondary N) is 1. The second kappa shape index (κ2) is 8.02. The number of likely N-dealkylation sites (tertiary alicyclic amines) is 1. The summed E-state index contributed by atoms with van der Waals surface area (Å²) in [6.07, 6.45) is 5.21. The van der Waals surface area contributed by atoms with Crippen LogP contribution < -0.4 is 5.32 Å². The fourth-order valence-electron chi connectivity index (χ4n) is 3.10. The van der Waals surface area contributed by atoms with E-state index in [1.54, 1.807) is 0 Å². The number of benzene rings is 1. The van der Waals surface area contributed by atoms with Crippen LogP contribution >= 0.6 is 11.6 Å². The Morgan fingerprint density at radius 1 is 1.25 bits per heavy atom. The standard InChI is InChI=1S/C17H27ClN2/c1-3-17(15-8-7-9-16(18)12-15)19-14(2)13-20-10-5-4-6-11-20/h7-9,12,14,17,19H,3-6,10-11,13H2,1-2H3. The van der Waals surface area contributed by atoms with E-state index in [-0.39, 0.29) is 0 Å². The Kier molecular flexibility index (Phi) is 6.34. The van der Waals surface area contributed by atoms with Crippen LogP contribution in [0.5, 0.6) is 0 Å². The fraction of sp³-hybridized carbons (Fsp3) is 0.647. The van der Waals surface area contributed by atoms with Gasteiger partial charge in [0.05, 0.1) is 0 Å². The first kappa shape index (κ1) is 15.8. The van der Waals surface area contributed by atoms with E-state index >= 15 is 0 Å². The Morgan fingerprint density at radius 2 is 2.00 bits per heavy atom. The van der Waals surface area contributed by atoms with E-state index in [0.717, 1.165) is 18.0 Å². The zero-order valence-electron chi connectivity index (χ0n) is 12.7. The van der Waals surface area contributed by atoms with Crippen molar-refractivity contribution in [3.63, 3.8) is 0 Å². The fourth-order valence-corrected chi connectivity index (χ4v) is 3.30. The molecule has 1 aliphatic rings. The number of nitrogens with zero attached hydrogens (tertiary/aromatic N) is 1. The van der Waals surface area contributed by atoms with Crippen LogP contribution in [0.2, 0.25) is 5.02 Å². The SMILES string of the molecule is CCC(NC(C)CN1CCCCC1)c1cccc(Cl)c1. The summed E-state index contributed by atoms with van der Waals surface area (Å²) in [5.74, 6) is 0. The third kappa shape index (κ3) is 4.76. The van der Waals surface area contributed by atoms with Gasteiger partial charge in [-0.3, -0.25) is 0 Å². The third-order valence-corrected chi connectivity index (χ3v) is 4.36. The van der Waals surface area contributed by atoms with Crippen LogP contribution in [-0.2, 0) is 0 Å². The molecule has 1 fully saturated rings. The molecule has 3 heteroatoms. The van der Waals surface area contributed by atoms with E-state index in [2.05, 4.69) is 36.2 Å². The molecule has 1 N–H and O–H groups in total. The van der Waals surface area contributed by atoms with E-state index < -0.39 is 0 Å². The van der Waals surface area contributed by atoms with Crippen LogP contribution in [0.3, 0.4) is 0 Å². The van der Waals surface area contributed by atoms with Gasteiger partial charge in [0, 0.05) is 23.7 Å². The molecule has 0 spiro atoms. The van der Waals surface area contributed by atoms with Gasteiger partial charge in [-0.05, 0) is 57.0 Å². The zero-order chi connectivity index (χ0) is 14.4. The van der Waals surface area contributed by atoms with Crippen LogP contribution in [0.1, 0.15) is 51.1 Å². The second-order valence-electron chi connectivity index (χ2n) is 5.94. The molecule has 0 amide bonds. The maximum absolute atomic E-state index is 6.10. The van der Waals surface area contributed by atoms with Crippen molar-refractivity contribution in [2.24, 2.45) is 0 Å². The Bertz CT molecular complexity index is 402. The molecular formula is C17H27ClN2. The quantitative estimate of drug-likeness (QED) is 0.843. The molecule has 2 rings (SSSR count). The lowest BCUT2D eigenvalue weighted by Gasteiger charge is -2.31. The van der Waals surface area contributed by atoms with E-state index in [1.807, 2.05) is 12.1 Å². The Labute approximate surface area is 128 Å². The number of hydrogen-bond donors (Lipinski definition) is 1. The molecular weight excluding hydrogens is 268 g/mol. The van der Waals surface area contributed by atoms with Crippen molar-refractivity contribution in [3.8, 4) is 0 Å². The summed E-state index contributed by atoms with van der Waals surface area (Å²) in [5, 5.41) is 4.58. The predicted octanol–water partition coefficient (Wildman–Crippen LogP) is 4.26. The first-order valence-corrected chi connectivity index (χ1v) is 8.30. The van der Waals surface area contributed by atoms with Crippen LogP contribution in [0.4, 0.5) is 0 Å². The molecule has 2 unspecified atom stereocenters. The minimum Gasteiger partial charge on any atom is -0.306 e. The highest BCUT2D eigenvalue weighted by atomic mass is 35.5. The van der Waals surface area contributed by atoms with Gasteiger partial charge in [-0.1, -0.05) is 37.1 Å². The molecule has 0 aliphatic carbocycles. The van der Waals surface area contributed by atoms with Crippen LogP contribution in [0.25, 0.3) is 0 Å². The zero-order valence-corrected chi connectivity index (χ0v) is 13.5. The highest BCUT2D eigenvalue weighted by molar-refractivity contribution is 6.30. The summed E-state index contributed by atoms with van der Waals surface area (Å²) < 4.78 is 0. The second-order valence-corrected chi connectivity index (χ2v) is 6.38. The molecule has 1 aliphatic heterocycles. The topological polar surface area (TPSA) is 15.3 Å². The lowest BCUT2D eigenvalue weighted by Crippen LogP contribution is -2.42. The summed E-state index contributed by atoms with van der Waals surface area (Å²) in [7, 11) is 0. The Hall–Kier alpha value is -0.570. The highest BCUT2D eigenvalue weighted by Gasteiger charge is 2.16. The number of rotatable bonds is 6. The molecule has 2 nitrogen and oxygen atoms in total. The van der Waals surface area contributed by atoms with Gasteiger partial charge in [0.15, 0.2) is 0 Å². The summed E-state index contributed by atoms with van der Waals surface area (Å²) in [5.41, 5.74) is 1.30. The van der Waals surface area contributed by atoms with Crippen molar-refractivity contribution < 1.29 is 0 Å². The molecule has 1 aromatic rings. The van der Waals surface area contributed by atoms with Gasteiger partial charge in [0.2, 0.25) is 0 Å². The molecule has 112 valence electrons. The minimum absolute atomic E-state index is 0.397. The van der Waals surface area contributed by atoms with Crippen LogP contribution in [-0.4, -0.2) is 30.6 Å². The summed E-state index contributed by atoms with van der Waals surface area (Å²) in [6, 6.07) is 9.13. The average molecular weight is 295 g/mol. The first-order chi connectivity index (χ1) is 9.69. The van der Waals surface area contributed by atoms with Crippen LogP contribution in [0, 0.1) is 0 Å². The van der Waals surface area contributed by atoms with E-state index in [9.17, 15) is 0 Å². The summed E-state index contributed by atoms with van der Waals surface area (Å²) >= 11 is 6.10. The summed E-state index contributed by atoms with van der Waals surface area (Å²) in [4.78, 5) is 2.59. The molecule has 0 radical (unpaired) electrons. The summed E-state index contributed by atoms with van der Waals surface area (Å²) in [6.45, 7) is 8.20. The maximum atomic E-state index is 6.10.